The molecule has 3 aromatic rings. The maximum atomic E-state index is 3.60. The number of hydrogen-bond acceptors (Lipinski definition) is 1. The van der Waals surface area contributed by atoms with Crippen LogP contribution in [-0.2, 0) is 0 Å². The summed E-state index contributed by atoms with van der Waals surface area (Å²) in [6.07, 6.45) is 1.14. The summed E-state index contributed by atoms with van der Waals surface area (Å²) in [7, 11) is 0. The molecule has 3 aromatic carbocycles. The van der Waals surface area contributed by atoms with Gasteiger partial charge in [0.2, 0.25) is 0 Å². The molecule has 0 spiro atoms. The first kappa shape index (κ1) is 12.0. The number of fused-ring (bicyclic) bond motifs is 3. The van der Waals surface area contributed by atoms with Crippen LogP contribution in [0.15, 0.2) is 48.5 Å². The van der Waals surface area contributed by atoms with Crippen molar-refractivity contribution in [2.75, 3.05) is 11.9 Å². The lowest BCUT2D eigenvalue weighted by Gasteiger charge is -2.16. The van der Waals surface area contributed by atoms with Gasteiger partial charge in [-0.05, 0) is 35.1 Å². The highest BCUT2D eigenvalue weighted by Gasteiger charge is 2.09. The molecule has 1 nitrogen and oxygen atoms in total. The SMILES string of the molecule is CCCNc1c(C)c2ccccc2c2ccccc12. The maximum absolute atomic E-state index is 3.60. The zero-order valence-electron chi connectivity index (χ0n) is 11.5. The summed E-state index contributed by atoms with van der Waals surface area (Å²) >= 11 is 0. The van der Waals surface area contributed by atoms with E-state index in [0.717, 1.165) is 13.0 Å². The molecule has 0 aliphatic carbocycles. The summed E-state index contributed by atoms with van der Waals surface area (Å²) in [5, 5.41) is 8.95. The molecule has 0 fully saturated rings. The first-order valence-electron chi connectivity index (χ1n) is 6.97. The predicted octanol–water partition coefficient (Wildman–Crippen LogP) is 5.12. The van der Waals surface area contributed by atoms with Gasteiger partial charge in [0.1, 0.15) is 0 Å². The van der Waals surface area contributed by atoms with Crippen LogP contribution in [0.5, 0.6) is 0 Å². The van der Waals surface area contributed by atoms with E-state index in [1.165, 1.54) is 32.8 Å². The van der Waals surface area contributed by atoms with Crippen LogP contribution in [0.1, 0.15) is 18.9 Å². The summed E-state index contributed by atoms with van der Waals surface area (Å²) in [5.74, 6) is 0. The Morgan fingerprint density at radius 3 is 1.95 bits per heavy atom. The van der Waals surface area contributed by atoms with Crippen molar-refractivity contribution in [1.82, 2.24) is 0 Å². The highest BCUT2D eigenvalue weighted by molar-refractivity contribution is 6.14. The number of nitrogens with one attached hydrogen (secondary N) is 1. The van der Waals surface area contributed by atoms with E-state index in [0.29, 0.717) is 0 Å². The van der Waals surface area contributed by atoms with Crippen molar-refractivity contribution < 1.29 is 0 Å². The van der Waals surface area contributed by atoms with Gasteiger partial charge in [-0.2, -0.15) is 0 Å². The summed E-state index contributed by atoms with van der Waals surface area (Å²) in [6.45, 7) is 5.43. The van der Waals surface area contributed by atoms with Crippen molar-refractivity contribution in [1.29, 1.82) is 0 Å². The molecule has 0 aliphatic heterocycles. The van der Waals surface area contributed by atoms with Gasteiger partial charge in [-0.15, -0.1) is 0 Å². The number of benzene rings is 3. The van der Waals surface area contributed by atoms with E-state index in [9.17, 15) is 0 Å². The molecule has 96 valence electrons. The molecule has 1 N–H and O–H groups in total. The van der Waals surface area contributed by atoms with Gasteiger partial charge >= 0.3 is 0 Å². The van der Waals surface area contributed by atoms with Crippen LogP contribution >= 0.6 is 0 Å². The predicted molar refractivity (Wildman–Crippen MR) is 85.0 cm³/mol. The Morgan fingerprint density at radius 1 is 0.789 bits per heavy atom. The Kier molecular flexibility index (Phi) is 3.12. The molecular weight excluding hydrogens is 230 g/mol. The fourth-order valence-electron chi connectivity index (χ4n) is 2.80. The molecule has 1 heteroatoms. The minimum atomic E-state index is 1.02. The molecule has 0 aromatic heterocycles. The lowest BCUT2D eigenvalue weighted by Crippen LogP contribution is -2.02. The molecule has 0 saturated carbocycles. The van der Waals surface area contributed by atoms with Crippen LogP contribution in [0.4, 0.5) is 5.69 Å². The summed E-state index contributed by atoms with van der Waals surface area (Å²) in [4.78, 5) is 0. The molecule has 0 heterocycles. The normalized spacial score (nSPS) is 11.1. The highest BCUT2D eigenvalue weighted by atomic mass is 14.9. The van der Waals surface area contributed by atoms with E-state index in [1.807, 2.05) is 0 Å². The minimum absolute atomic E-state index is 1.02. The fourth-order valence-corrected chi connectivity index (χ4v) is 2.80. The maximum Gasteiger partial charge on any atom is 0.0456 e. The van der Waals surface area contributed by atoms with Crippen molar-refractivity contribution in [2.45, 2.75) is 20.3 Å². The lowest BCUT2D eigenvalue weighted by molar-refractivity contribution is 0.980. The molecule has 3 rings (SSSR count). The summed E-state index contributed by atoms with van der Waals surface area (Å²) in [6, 6.07) is 17.3. The van der Waals surface area contributed by atoms with E-state index in [1.54, 1.807) is 0 Å². The van der Waals surface area contributed by atoms with Gasteiger partial charge < -0.3 is 5.32 Å². The number of hydrogen-bond donors (Lipinski definition) is 1. The van der Waals surface area contributed by atoms with Crippen molar-refractivity contribution >= 4 is 27.2 Å². The van der Waals surface area contributed by atoms with Crippen LogP contribution in [0.2, 0.25) is 0 Å². The van der Waals surface area contributed by atoms with E-state index < -0.39 is 0 Å². The first-order chi connectivity index (χ1) is 9.33. The monoisotopic (exact) mass is 249 g/mol. The molecule has 0 atom stereocenters. The molecular formula is C18H19N. The van der Waals surface area contributed by atoms with Gasteiger partial charge in [0.15, 0.2) is 0 Å². The largest absolute Gasteiger partial charge is 0.384 e. The van der Waals surface area contributed by atoms with Crippen molar-refractivity contribution in [3.63, 3.8) is 0 Å². The zero-order valence-corrected chi connectivity index (χ0v) is 11.5. The third-order valence-electron chi connectivity index (χ3n) is 3.74. The quantitative estimate of drug-likeness (QED) is 0.635. The van der Waals surface area contributed by atoms with Gasteiger partial charge in [-0.25, -0.2) is 0 Å². The van der Waals surface area contributed by atoms with Crippen LogP contribution in [-0.4, -0.2) is 6.54 Å². The van der Waals surface area contributed by atoms with Crippen LogP contribution in [0, 0.1) is 6.92 Å². The average molecular weight is 249 g/mol. The zero-order chi connectivity index (χ0) is 13.2. The topological polar surface area (TPSA) is 12.0 Å². The summed E-state index contributed by atoms with van der Waals surface area (Å²) < 4.78 is 0. The van der Waals surface area contributed by atoms with Crippen molar-refractivity contribution in [3.05, 3.63) is 54.1 Å². The second-order valence-electron chi connectivity index (χ2n) is 5.02. The average Bonchev–Trinajstić information content (AvgIpc) is 2.47. The lowest BCUT2D eigenvalue weighted by atomic mass is 9.95. The number of anilines is 1. The van der Waals surface area contributed by atoms with Gasteiger partial charge in [0.05, 0.1) is 0 Å². The van der Waals surface area contributed by atoms with Crippen LogP contribution in [0.25, 0.3) is 21.5 Å². The highest BCUT2D eigenvalue weighted by Crippen LogP contribution is 2.35. The fraction of sp³-hybridized carbons (Fsp3) is 0.222. The second kappa shape index (κ2) is 4.93. The van der Waals surface area contributed by atoms with E-state index in [-0.39, 0.29) is 0 Å². The Hall–Kier alpha value is -2.02. The Bertz CT molecular complexity index is 728. The third kappa shape index (κ3) is 1.95. The van der Waals surface area contributed by atoms with Gasteiger partial charge in [-0.3, -0.25) is 0 Å². The Balaban J connectivity index is 2.40. The second-order valence-corrected chi connectivity index (χ2v) is 5.02. The Labute approximate surface area is 114 Å². The van der Waals surface area contributed by atoms with Gasteiger partial charge in [-0.1, -0.05) is 55.5 Å². The van der Waals surface area contributed by atoms with E-state index >= 15 is 0 Å². The standard InChI is InChI=1S/C18H19N/c1-3-12-19-18-13(2)14-8-4-5-9-15(14)16-10-6-7-11-17(16)18/h4-11,19H,3,12H2,1-2H3. The minimum Gasteiger partial charge on any atom is -0.384 e. The summed E-state index contributed by atoms with van der Waals surface area (Å²) in [5.41, 5.74) is 2.64. The van der Waals surface area contributed by atoms with Crippen molar-refractivity contribution in [3.8, 4) is 0 Å². The van der Waals surface area contributed by atoms with Crippen LogP contribution < -0.4 is 5.32 Å². The van der Waals surface area contributed by atoms with Gasteiger partial charge in [0, 0.05) is 17.6 Å². The van der Waals surface area contributed by atoms with Crippen molar-refractivity contribution in [2.24, 2.45) is 0 Å². The Morgan fingerprint density at radius 2 is 1.32 bits per heavy atom. The molecule has 0 unspecified atom stereocenters. The smallest absolute Gasteiger partial charge is 0.0456 e. The van der Waals surface area contributed by atoms with E-state index in [4.69, 9.17) is 0 Å². The molecule has 19 heavy (non-hydrogen) atoms. The first-order valence-corrected chi connectivity index (χ1v) is 6.97. The van der Waals surface area contributed by atoms with E-state index in [2.05, 4.69) is 67.7 Å². The molecule has 0 radical (unpaired) electrons. The molecule has 0 amide bonds. The molecule has 0 bridgehead atoms. The number of rotatable bonds is 3. The molecule has 0 aliphatic rings. The molecule has 0 saturated heterocycles. The van der Waals surface area contributed by atoms with Gasteiger partial charge in [0.25, 0.3) is 0 Å². The third-order valence-corrected chi connectivity index (χ3v) is 3.74. The van der Waals surface area contributed by atoms with Crippen LogP contribution in [0.3, 0.4) is 0 Å². The number of aryl methyl sites for hydroxylation is 1.